The van der Waals surface area contributed by atoms with Gasteiger partial charge in [0.2, 0.25) is 0 Å². The molecule has 0 amide bonds. The Balaban J connectivity index is 1.94. The van der Waals surface area contributed by atoms with Crippen LogP contribution in [0.4, 0.5) is 0 Å². The number of likely N-dealkylation sites (tertiary alicyclic amines) is 1. The number of hydrogen-bond donors (Lipinski definition) is 0. The molecule has 0 aromatic rings. The minimum absolute atomic E-state index is 0.759. The third kappa shape index (κ3) is 6.21. The minimum Gasteiger partial charge on any atom is -0.380 e. The van der Waals surface area contributed by atoms with Crippen molar-refractivity contribution in [1.82, 2.24) is 4.90 Å². The topological polar surface area (TPSA) is 12.5 Å². The van der Waals surface area contributed by atoms with Crippen molar-refractivity contribution in [3.8, 4) is 0 Å². The summed E-state index contributed by atoms with van der Waals surface area (Å²) < 4.78 is 5.65. The number of nitrogens with zero attached hydrogens (tertiary/aromatic N) is 1. The molecule has 0 atom stereocenters. The normalized spacial score (nSPS) is 19.5. The molecule has 96 valence electrons. The molecule has 0 aromatic heterocycles. The summed E-state index contributed by atoms with van der Waals surface area (Å²) in [6.07, 6.45) is 3.88. The average molecular weight is 292 g/mol. The second kappa shape index (κ2) is 8.48. The van der Waals surface area contributed by atoms with Crippen LogP contribution in [0.15, 0.2) is 0 Å². The Morgan fingerprint density at radius 3 is 2.50 bits per heavy atom. The molecule has 1 saturated heterocycles. The zero-order valence-corrected chi connectivity index (χ0v) is 12.3. The molecule has 1 fully saturated rings. The molecule has 1 rings (SSSR count). The van der Waals surface area contributed by atoms with Crippen molar-refractivity contribution in [2.75, 3.05) is 38.2 Å². The van der Waals surface area contributed by atoms with Gasteiger partial charge in [-0.25, -0.2) is 0 Å². The maximum Gasteiger partial charge on any atom is 0.0593 e. The maximum atomic E-state index is 5.65. The van der Waals surface area contributed by atoms with Crippen LogP contribution in [0.5, 0.6) is 0 Å². The van der Waals surface area contributed by atoms with E-state index in [0.29, 0.717) is 0 Å². The van der Waals surface area contributed by atoms with Crippen LogP contribution in [0.3, 0.4) is 0 Å². The van der Waals surface area contributed by atoms with Crippen LogP contribution in [-0.4, -0.2) is 43.1 Å². The summed E-state index contributed by atoms with van der Waals surface area (Å²) in [4.78, 5) is 2.54. The highest BCUT2D eigenvalue weighted by Gasteiger charge is 2.17. The Labute approximate surface area is 109 Å². The summed E-state index contributed by atoms with van der Waals surface area (Å²) in [5.74, 6) is 1.66. The third-order valence-corrected chi connectivity index (χ3v) is 4.23. The molecule has 16 heavy (non-hydrogen) atoms. The number of hydrogen-bond acceptors (Lipinski definition) is 2. The fourth-order valence-corrected chi connectivity index (χ4v) is 2.63. The van der Waals surface area contributed by atoms with Crippen LogP contribution in [-0.2, 0) is 4.74 Å². The van der Waals surface area contributed by atoms with Crippen LogP contribution in [0, 0.1) is 11.8 Å². The number of rotatable bonds is 7. The molecule has 2 nitrogen and oxygen atoms in total. The largest absolute Gasteiger partial charge is 0.380 e. The van der Waals surface area contributed by atoms with E-state index in [1.165, 1.54) is 37.7 Å². The van der Waals surface area contributed by atoms with E-state index in [9.17, 15) is 0 Å². The van der Waals surface area contributed by atoms with Crippen LogP contribution < -0.4 is 0 Å². The van der Waals surface area contributed by atoms with E-state index in [4.69, 9.17) is 4.74 Å². The number of piperidine rings is 1. The van der Waals surface area contributed by atoms with Crippen LogP contribution in [0.2, 0.25) is 0 Å². The smallest absolute Gasteiger partial charge is 0.0593 e. The first-order valence-electron chi connectivity index (χ1n) is 6.58. The monoisotopic (exact) mass is 291 g/mol. The first-order chi connectivity index (χ1) is 7.72. The van der Waals surface area contributed by atoms with Gasteiger partial charge in [0, 0.05) is 18.5 Å². The fraction of sp³-hybridized carbons (Fsp3) is 1.00. The lowest BCUT2D eigenvalue weighted by Gasteiger charge is -2.30. The van der Waals surface area contributed by atoms with Gasteiger partial charge in [0.25, 0.3) is 0 Å². The van der Waals surface area contributed by atoms with Crippen molar-refractivity contribution in [2.45, 2.75) is 33.1 Å². The summed E-state index contributed by atoms with van der Waals surface area (Å²) >= 11 is 3.57. The van der Waals surface area contributed by atoms with Crippen LogP contribution >= 0.6 is 15.9 Å². The molecule has 0 N–H and O–H groups in total. The van der Waals surface area contributed by atoms with E-state index < -0.39 is 0 Å². The number of halogens is 1. The predicted octanol–water partition coefficient (Wildman–Crippen LogP) is 3.16. The zero-order chi connectivity index (χ0) is 11.8. The lowest BCUT2D eigenvalue weighted by molar-refractivity contribution is 0.0845. The average Bonchev–Trinajstić information content (AvgIpc) is 2.29. The van der Waals surface area contributed by atoms with Crippen LogP contribution in [0.25, 0.3) is 0 Å². The van der Waals surface area contributed by atoms with E-state index in [1.54, 1.807) is 0 Å². The highest BCUT2D eigenvalue weighted by molar-refractivity contribution is 9.09. The molecule has 1 heterocycles. The van der Waals surface area contributed by atoms with Crippen molar-refractivity contribution in [3.05, 3.63) is 0 Å². The van der Waals surface area contributed by atoms with Crippen molar-refractivity contribution in [1.29, 1.82) is 0 Å². The summed E-state index contributed by atoms with van der Waals surface area (Å²) in [6, 6.07) is 0. The van der Waals surface area contributed by atoms with Crippen LogP contribution in [0.1, 0.15) is 33.1 Å². The van der Waals surface area contributed by atoms with Gasteiger partial charge in [-0.1, -0.05) is 29.8 Å². The summed E-state index contributed by atoms with van der Waals surface area (Å²) in [5.41, 5.74) is 0. The minimum atomic E-state index is 0.759. The second-order valence-electron chi connectivity index (χ2n) is 5.23. The molecule has 0 aromatic carbocycles. The quantitative estimate of drug-likeness (QED) is 0.528. The zero-order valence-electron chi connectivity index (χ0n) is 10.8. The second-order valence-corrected chi connectivity index (χ2v) is 5.88. The van der Waals surface area contributed by atoms with Gasteiger partial charge in [0.1, 0.15) is 0 Å². The van der Waals surface area contributed by atoms with Crippen molar-refractivity contribution < 1.29 is 4.74 Å². The number of alkyl halides is 1. The molecule has 1 aliphatic heterocycles. The molecule has 3 heteroatoms. The van der Waals surface area contributed by atoms with Gasteiger partial charge in [-0.15, -0.1) is 0 Å². The highest BCUT2D eigenvalue weighted by Crippen LogP contribution is 2.18. The summed E-state index contributed by atoms with van der Waals surface area (Å²) in [6.45, 7) is 9.95. The maximum absolute atomic E-state index is 5.65. The van der Waals surface area contributed by atoms with E-state index in [0.717, 1.165) is 31.6 Å². The summed E-state index contributed by atoms with van der Waals surface area (Å²) in [7, 11) is 0. The van der Waals surface area contributed by atoms with Gasteiger partial charge in [0.15, 0.2) is 0 Å². The van der Waals surface area contributed by atoms with Gasteiger partial charge < -0.3 is 9.64 Å². The molecule has 1 aliphatic rings. The Kier molecular flexibility index (Phi) is 7.67. The van der Waals surface area contributed by atoms with Gasteiger partial charge in [-0.05, 0) is 44.2 Å². The van der Waals surface area contributed by atoms with Gasteiger partial charge in [-0.3, -0.25) is 0 Å². The Bertz CT molecular complexity index is 167. The van der Waals surface area contributed by atoms with E-state index in [1.807, 2.05) is 0 Å². The fourth-order valence-electron chi connectivity index (χ4n) is 1.98. The Morgan fingerprint density at radius 2 is 1.94 bits per heavy atom. The van der Waals surface area contributed by atoms with Crippen molar-refractivity contribution >= 4 is 15.9 Å². The van der Waals surface area contributed by atoms with Crippen molar-refractivity contribution in [2.24, 2.45) is 11.8 Å². The molecule has 0 spiro atoms. The lowest BCUT2D eigenvalue weighted by Crippen LogP contribution is -2.36. The SMILES string of the molecule is CC(C)CCOCCN1CCC(CBr)CC1. The van der Waals surface area contributed by atoms with Gasteiger partial charge in [0.05, 0.1) is 6.61 Å². The van der Waals surface area contributed by atoms with E-state index in [2.05, 4.69) is 34.7 Å². The van der Waals surface area contributed by atoms with Crippen molar-refractivity contribution in [3.63, 3.8) is 0 Å². The summed E-state index contributed by atoms with van der Waals surface area (Å²) in [5, 5.41) is 1.17. The molecule has 0 aliphatic carbocycles. The molecule has 0 bridgehead atoms. The van der Waals surface area contributed by atoms with E-state index >= 15 is 0 Å². The third-order valence-electron chi connectivity index (χ3n) is 3.32. The molecule has 0 radical (unpaired) electrons. The molecule has 0 unspecified atom stereocenters. The first-order valence-corrected chi connectivity index (χ1v) is 7.70. The van der Waals surface area contributed by atoms with E-state index in [-0.39, 0.29) is 0 Å². The number of ether oxygens (including phenoxy) is 1. The van der Waals surface area contributed by atoms with Gasteiger partial charge in [-0.2, -0.15) is 0 Å². The predicted molar refractivity (Wildman–Crippen MR) is 73.2 cm³/mol. The standard InChI is InChI=1S/C13H26BrNO/c1-12(2)5-9-16-10-8-15-6-3-13(11-14)4-7-15/h12-13H,3-11H2,1-2H3. The molecule has 0 saturated carbocycles. The first kappa shape index (κ1) is 14.5. The Hall–Kier alpha value is 0.400. The Morgan fingerprint density at radius 1 is 1.25 bits per heavy atom. The molecular weight excluding hydrogens is 266 g/mol. The highest BCUT2D eigenvalue weighted by atomic mass is 79.9. The van der Waals surface area contributed by atoms with Gasteiger partial charge >= 0.3 is 0 Å². The lowest BCUT2D eigenvalue weighted by atomic mass is 9.99. The molecular formula is C13H26BrNO.